The number of aromatic nitrogens is 2. The van der Waals surface area contributed by atoms with E-state index in [1.807, 2.05) is 35.8 Å². The number of carbonyl (C=O) groups is 1. The molecule has 6 nitrogen and oxygen atoms in total. The molecule has 24 heavy (non-hydrogen) atoms. The van der Waals surface area contributed by atoms with Crippen LogP contribution in [-0.4, -0.2) is 29.7 Å². The third-order valence-corrected chi connectivity index (χ3v) is 3.84. The number of ether oxygens (including phenoxy) is 2. The minimum Gasteiger partial charge on any atom is -0.493 e. The zero-order chi connectivity index (χ0) is 17.1. The van der Waals surface area contributed by atoms with Crippen LogP contribution in [0, 0.1) is 0 Å². The maximum Gasteiger partial charge on any atom is 0.261 e. The molecule has 0 aliphatic carbocycles. The van der Waals surface area contributed by atoms with E-state index in [9.17, 15) is 4.79 Å². The quantitative estimate of drug-likeness (QED) is 0.781. The summed E-state index contributed by atoms with van der Waals surface area (Å²) in [6, 6.07) is 13.0. The lowest BCUT2D eigenvalue weighted by atomic mass is 10.1. The topological polar surface area (TPSA) is 65.4 Å². The second-order valence-corrected chi connectivity index (χ2v) is 5.16. The number of nitrogens with zero attached hydrogens (tertiary/aromatic N) is 2. The third-order valence-electron chi connectivity index (χ3n) is 3.84. The molecule has 0 spiro atoms. The Morgan fingerprint density at radius 3 is 2.62 bits per heavy atom. The van der Waals surface area contributed by atoms with E-state index in [1.165, 1.54) is 14.2 Å². The molecule has 1 amide bonds. The largest absolute Gasteiger partial charge is 0.493 e. The highest BCUT2D eigenvalue weighted by Crippen LogP contribution is 2.31. The number of amides is 1. The number of hydrogen-bond donors (Lipinski definition) is 1. The maximum atomic E-state index is 12.7. The summed E-state index contributed by atoms with van der Waals surface area (Å²) in [5.74, 6) is 1.12. The molecule has 0 unspecified atom stereocenters. The molecule has 0 bridgehead atoms. The Morgan fingerprint density at radius 2 is 1.92 bits per heavy atom. The number of anilines is 1. The van der Waals surface area contributed by atoms with Crippen molar-refractivity contribution >= 4 is 22.9 Å². The zero-order valence-corrected chi connectivity index (χ0v) is 13.9. The van der Waals surface area contributed by atoms with E-state index in [-0.39, 0.29) is 5.91 Å². The van der Waals surface area contributed by atoms with Gasteiger partial charge in [-0.25, -0.2) is 4.98 Å². The Bertz CT molecular complexity index is 886. The van der Waals surface area contributed by atoms with Crippen molar-refractivity contribution in [3.05, 3.63) is 48.0 Å². The Morgan fingerprint density at radius 1 is 1.12 bits per heavy atom. The fourth-order valence-corrected chi connectivity index (χ4v) is 2.73. The molecular weight excluding hydrogens is 306 g/mol. The van der Waals surface area contributed by atoms with Crippen LogP contribution in [0.5, 0.6) is 11.5 Å². The van der Waals surface area contributed by atoms with Crippen LogP contribution in [0.4, 0.5) is 5.95 Å². The molecule has 3 aromatic rings. The van der Waals surface area contributed by atoms with Crippen LogP contribution in [-0.2, 0) is 6.54 Å². The number of imidazole rings is 1. The summed E-state index contributed by atoms with van der Waals surface area (Å²) in [7, 11) is 3.05. The molecule has 1 heterocycles. The van der Waals surface area contributed by atoms with E-state index in [1.54, 1.807) is 18.2 Å². The smallest absolute Gasteiger partial charge is 0.261 e. The second kappa shape index (κ2) is 6.62. The van der Waals surface area contributed by atoms with E-state index >= 15 is 0 Å². The third kappa shape index (κ3) is 2.67. The minimum atomic E-state index is -0.296. The number of carbonyl (C=O) groups excluding carboxylic acids is 1. The predicted molar refractivity (Wildman–Crippen MR) is 92.9 cm³/mol. The van der Waals surface area contributed by atoms with Gasteiger partial charge < -0.3 is 14.0 Å². The van der Waals surface area contributed by atoms with Gasteiger partial charge in [0, 0.05) is 6.54 Å². The number of hydrogen-bond acceptors (Lipinski definition) is 4. The van der Waals surface area contributed by atoms with Gasteiger partial charge in [0.25, 0.3) is 5.91 Å². The molecule has 0 aliphatic heterocycles. The van der Waals surface area contributed by atoms with Gasteiger partial charge in [-0.3, -0.25) is 10.1 Å². The fourth-order valence-electron chi connectivity index (χ4n) is 2.73. The first kappa shape index (κ1) is 15.9. The summed E-state index contributed by atoms with van der Waals surface area (Å²) in [6.45, 7) is 2.71. The van der Waals surface area contributed by atoms with Gasteiger partial charge in [-0.15, -0.1) is 0 Å². The van der Waals surface area contributed by atoms with Crippen molar-refractivity contribution in [2.75, 3.05) is 19.5 Å². The Hall–Kier alpha value is -3.02. The van der Waals surface area contributed by atoms with Gasteiger partial charge in [0.05, 0.1) is 30.8 Å². The van der Waals surface area contributed by atoms with Crippen LogP contribution < -0.4 is 14.8 Å². The van der Waals surface area contributed by atoms with Gasteiger partial charge in [0.2, 0.25) is 5.95 Å². The molecule has 1 aromatic heterocycles. The number of rotatable bonds is 5. The van der Waals surface area contributed by atoms with Crippen LogP contribution in [0.25, 0.3) is 11.0 Å². The SMILES string of the molecule is CCn1c(NC(=O)c2cccc(OC)c2OC)nc2ccccc21. The summed E-state index contributed by atoms with van der Waals surface area (Å²) < 4.78 is 12.5. The van der Waals surface area contributed by atoms with Gasteiger partial charge in [0.1, 0.15) is 0 Å². The molecule has 1 N–H and O–H groups in total. The lowest BCUT2D eigenvalue weighted by Gasteiger charge is -2.13. The van der Waals surface area contributed by atoms with E-state index < -0.39 is 0 Å². The normalized spacial score (nSPS) is 10.6. The number of nitrogens with one attached hydrogen (secondary N) is 1. The van der Waals surface area contributed by atoms with E-state index in [0.717, 1.165) is 11.0 Å². The average Bonchev–Trinajstić information content (AvgIpc) is 2.97. The Balaban J connectivity index is 1.99. The minimum absolute atomic E-state index is 0.296. The molecule has 124 valence electrons. The van der Waals surface area contributed by atoms with E-state index in [2.05, 4.69) is 10.3 Å². The summed E-state index contributed by atoms with van der Waals surface area (Å²) in [6.07, 6.45) is 0. The first-order chi connectivity index (χ1) is 11.7. The molecule has 0 fully saturated rings. The Labute approximate surface area is 140 Å². The first-order valence-corrected chi connectivity index (χ1v) is 7.67. The fraction of sp³-hybridized carbons (Fsp3) is 0.222. The highest BCUT2D eigenvalue weighted by atomic mass is 16.5. The summed E-state index contributed by atoms with van der Waals surface area (Å²) in [5.41, 5.74) is 2.21. The van der Waals surface area contributed by atoms with Gasteiger partial charge >= 0.3 is 0 Å². The predicted octanol–water partition coefficient (Wildman–Crippen LogP) is 3.33. The second-order valence-electron chi connectivity index (χ2n) is 5.16. The van der Waals surface area contributed by atoms with Crippen molar-refractivity contribution in [1.82, 2.24) is 9.55 Å². The summed E-state index contributed by atoms with van der Waals surface area (Å²) >= 11 is 0. The number of aryl methyl sites for hydroxylation is 1. The zero-order valence-electron chi connectivity index (χ0n) is 13.9. The highest BCUT2D eigenvalue weighted by Gasteiger charge is 2.19. The van der Waals surface area contributed by atoms with Crippen molar-refractivity contribution in [1.29, 1.82) is 0 Å². The number of para-hydroxylation sites is 3. The highest BCUT2D eigenvalue weighted by molar-refractivity contribution is 6.06. The lowest BCUT2D eigenvalue weighted by molar-refractivity contribution is 0.102. The van der Waals surface area contributed by atoms with Gasteiger partial charge in [-0.2, -0.15) is 0 Å². The molecular formula is C18H19N3O3. The molecule has 3 rings (SSSR count). The van der Waals surface area contributed by atoms with Crippen molar-refractivity contribution in [3.63, 3.8) is 0 Å². The van der Waals surface area contributed by atoms with Crippen LogP contribution in [0.15, 0.2) is 42.5 Å². The average molecular weight is 325 g/mol. The molecule has 0 aliphatic rings. The molecule has 0 saturated carbocycles. The molecule has 6 heteroatoms. The van der Waals surface area contributed by atoms with Crippen LogP contribution in [0.3, 0.4) is 0 Å². The van der Waals surface area contributed by atoms with Gasteiger partial charge in [-0.1, -0.05) is 18.2 Å². The summed E-state index contributed by atoms with van der Waals surface area (Å²) in [4.78, 5) is 17.2. The van der Waals surface area contributed by atoms with Crippen LogP contribution in [0.2, 0.25) is 0 Å². The van der Waals surface area contributed by atoms with E-state index in [4.69, 9.17) is 9.47 Å². The molecule has 0 radical (unpaired) electrons. The van der Waals surface area contributed by atoms with E-state index in [0.29, 0.717) is 29.6 Å². The van der Waals surface area contributed by atoms with Crippen molar-refractivity contribution < 1.29 is 14.3 Å². The lowest BCUT2D eigenvalue weighted by Crippen LogP contribution is -2.17. The van der Waals surface area contributed by atoms with Crippen LogP contribution in [0.1, 0.15) is 17.3 Å². The number of fused-ring (bicyclic) bond motifs is 1. The maximum absolute atomic E-state index is 12.7. The number of methoxy groups -OCH3 is 2. The monoisotopic (exact) mass is 325 g/mol. The van der Waals surface area contributed by atoms with Crippen molar-refractivity contribution in [2.24, 2.45) is 0 Å². The van der Waals surface area contributed by atoms with Gasteiger partial charge in [0.15, 0.2) is 11.5 Å². The summed E-state index contributed by atoms with van der Waals surface area (Å²) in [5, 5.41) is 2.87. The molecule has 0 atom stereocenters. The Kier molecular flexibility index (Phi) is 4.37. The number of benzene rings is 2. The van der Waals surface area contributed by atoms with Crippen LogP contribution >= 0.6 is 0 Å². The van der Waals surface area contributed by atoms with Gasteiger partial charge in [-0.05, 0) is 31.2 Å². The molecule has 0 saturated heterocycles. The molecule has 2 aromatic carbocycles. The van der Waals surface area contributed by atoms with Crippen molar-refractivity contribution in [2.45, 2.75) is 13.5 Å². The van der Waals surface area contributed by atoms with Crippen molar-refractivity contribution in [3.8, 4) is 11.5 Å². The first-order valence-electron chi connectivity index (χ1n) is 7.67. The standard InChI is InChI=1S/C18H19N3O3/c1-4-21-14-10-6-5-9-13(14)19-18(21)20-17(22)12-8-7-11-15(23-2)16(12)24-3/h5-11H,4H2,1-3H3,(H,19,20,22).